The zero-order valence-corrected chi connectivity index (χ0v) is 19.0. The Morgan fingerprint density at radius 1 is 1.03 bits per heavy atom. The Bertz CT molecular complexity index is 1670. The van der Waals surface area contributed by atoms with Gasteiger partial charge in [0.1, 0.15) is 16.7 Å². The molecule has 0 aliphatic carbocycles. The highest BCUT2D eigenvalue weighted by Crippen LogP contribution is 2.31. The predicted octanol–water partition coefficient (Wildman–Crippen LogP) is 5.82. The molecule has 34 heavy (non-hydrogen) atoms. The van der Waals surface area contributed by atoms with Crippen molar-refractivity contribution in [2.75, 3.05) is 5.32 Å². The van der Waals surface area contributed by atoms with Gasteiger partial charge in [-0.15, -0.1) is 11.3 Å². The first-order valence-electron chi connectivity index (χ1n) is 10.8. The Morgan fingerprint density at radius 3 is 2.74 bits per heavy atom. The molecule has 0 unspecified atom stereocenters. The number of nitrogens with one attached hydrogen (secondary N) is 1. The summed E-state index contributed by atoms with van der Waals surface area (Å²) < 4.78 is 7.06. The van der Waals surface area contributed by atoms with E-state index in [2.05, 4.69) is 26.3 Å². The van der Waals surface area contributed by atoms with Gasteiger partial charge in [-0.1, -0.05) is 36.4 Å². The van der Waals surface area contributed by atoms with E-state index in [4.69, 9.17) is 4.42 Å². The number of nitrogens with zero attached hydrogens (tertiary/aromatic N) is 4. The number of furan rings is 1. The zero-order valence-electron chi connectivity index (χ0n) is 18.2. The number of fused-ring (bicyclic) bond motifs is 2. The lowest BCUT2D eigenvalue weighted by Crippen LogP contribution is -2.26. The maximum atomic E-state index is 14.1. The Balaban J connectivity index is 1.58. The summed E-state index contributed by atoms with van der Waals surface area (Å²) in [7, 11) is 0. The molecule has 0 amide bonds. The molecule has 0 spiro atoms. The van der Waals surface area contributed by atoms with E-state index in [0.717, 1.165) is 38.2 Å². The van der Waals surface area contributed by atoms with E-state index >= 15 is 0 Å². The number of anilines is 1. The maximum absolute atomic E-state index is 14.1. The van der Waals surface area contributed by atoms with Crippen molar-refractivity contribution in [3.8, 4) is 16.8 Å². The Hall–Kier alpha value is -4.30. The maximum Gasteiger partial charge on any atom is 0.263 e. The van der Waals surface area contributed by atoms with Crippen molar-refractivity contribution in [3.63, 3.8) is 0 Å². The molecule has 1 atom stereocenters. The molecular weight excluding hydrogens is 446 g/mol. The van der Waals surface area contributed by atoms with E-state index in [-0.39, 0.29) is 11.6 Å². The quantitative estimate of drug-likeness (QED) is 0.345. The third kappa shape index (κ3) is 3.36. The summed E-state index contributed by atoms with van der Waals surface area (Å²) >= 11 is 1.46. The highest BCUT2D eigenvalue weighted by Gasteiger charge is 2.20. The second-order valence-corrected chi connectivity index (χ2v) is 8.75. The van der Waals surface area contributed by atoms with Crippen LogP contribution in [0.5, 0.6) is 0 Å². The largest absolute Gasteiger partial charge is 0.472 e. The lowest BCUT2D eigenvalue weighted by atomic mass is 9.99. The normalized spacial score (nSPS) is 12.3. The Kier molecular flexibility index (Phi) is 4.92. The van der Waals surface area contributed by atoms with Crippen molar-refractivity contribution in [2.45, 2.75) is 13.0 Å². The number of benzene rings is 2. The standard InChI is InChI=1S/C26H19N5O2S/c1-16(30-24-23-25(28-14-27-24)34-15-29-23)21-12-17-6-5-9-20(18-10-11-33-13-18)22(17)26(32)31(21)19-7-3-2-4-8-19/h2-16H,1H3,(H,27,28,30)/t16-/m0/s1. The van der Waals surface area contributed by atoms with Crippen molar-refractivity contribution < 1.29 is 4.42 Å². The van der Waals surface area contributed by atoms with Crippen LogP contribution in [0, 0.1) is 0 Å². The molecule has 0 aliphatic rings. The lowest BCUT2D eigenvalue weighted by Gasteiger charge is -2.22. The molecule has 8 heteroatoms. The van der Waals surface area contributed by atoms with Crippen molar-refractivity contribution in [2.24, 2.45) is 0 Å². The van der Waals surface area contributed by atoms with Gasteiger partial charge in [-0.3, -0.25) is 9.36 Å². The summed E-state index contributed by atoms with van der Waals surface area (Å²) in [6.07, 6.45) is 4.80. The van der Waals surface area contributed by atoms with Crippen LogP contribution < -0.4 is 10.9 Å². The topological polar surface area (TPSA) is 85.8 Å². The second-order valence-electron chi connectivity index (χ2n) is 7.92. The molecule has 4 heterocycles. The van der Waals surface area contributed by atoms with Crippen molar-refractivity contribution >= 4 is 38.3 Å². The molecule has 166 valence electrons. The van der Waals surface area contributed by atoms with Crippen LogP contribution in [-0.2, 0) is 0 Å². The molecule has 1 N–H and O–H groups in total. The smallest absolute Gasteiger partial charge is 0.263 e. The van der Waals surface area contributed by atoms with Crippen molar-refractivity contribution in [3.05, 3.63) is 101 Å². The van der Waals surface area contributed by atoms with Gasteiger partial charge >= 0.3 is 0 Å². The molecule has 0 aliphatic heterocycles. The average molecular weight is 466 g/mol. The van der Waals surface area contributed by atoms with Gasteiger partial charge in [-0.25, -0.2) is 15.0 Å². The fourth-order valence-corrected chi connectivity index (χ4v) is 4.91. The molecule has 6 aromatic rings. The summed E-state index contributed by atoms with van der Waals surface area (Å²) in [6.45, 7) is 2.01. The van der Waals surface area contributed by atoms with E-state index in [9.17, 15) is 4.79 Å². The fourth-order valence-electron chi connectivity index (χ4n) is 4.28. The second kappa shape index (κ2) is 8.24. The SMILES string of the molecule is C[C@H](Nc1ncnc2scnc12)c1cc2cccc(-c3ccoc3)c2c(=O)n1-c1ccccc1. The zero-order chi connectivity index (χ0) is 23.1. The first-order valence-corrected chi connectivity index (χ1v) is 11.7. The van der Waals surface area contributed by atoms with Crippen molar-refractivity contribution in [1.29, 1.82) is 0 Å². The molecule has 0 bridgehead atoms. The van der Waals surface area contributed by atoms with Crippen LogP contribution in [0.4, 0.5) is 5.82 Å². The number of pyridine rings is 1. The van der Waals surface area contributed by atoms with Crippen LogP contribution >= 0.6 is 11.3 Å². The van der Waals surface area contributed by atoms with E-state index in [1.807, 2.05) is 61.5 Å². The summed E-state index contributed by atoms with van der Waals surface area (Å²) in [5, 5.41) is 4.96. The van der Waals surface area contributed by atoms with Gasteiger partial charge in [0.05, 0.1) is 29.5 Å². The highest BCUT2D eigenvalue weighted by molar-refractivity contribution is 7.16. The van der Waals surface area contributed by atoms with E-state index < -0.39 is 0 Å². The minimum absolute atomic E-state index is 0.0920. The van der Waals surface area contributed by atoms with Crippen LogP contribution in [0.25, 0.3) is 37.9 Å². The van der Waals surface area contributed by atoms with Gasteiger partial charge in [0, 0.05) is 16.9 Å². The predicted molar refractivity (Wildman–Crippen MR) is 134 cm³/mol. The van der Waals surface area contributed by atoms with Crippen LogP contribution in [0.2, 0.25) is 0 Å². The number of aromatic nitrogens is 4. The van der Waals surface area contributed by atoms with E-state index in [0.29, 0.717) is 11.2 Å². The number of rotatable bonds is 5. The van der Waals surface area contributed by atoms with E-state index in [1.54, 1.807) is 22.6 Å². The molecule has 0 fully saturated rings. The monoisotopic (exact) mass is 465 g/mol. The molecule has 6 rings (SSSR count). The lowest BCUT2D eigenvalue weighted by molar-refractivity contribution is 0.568. The average Bonchev–Trinajstić information content (AvgIpc) is 3.57. The van der Waals surface area contributed by atoms with Crippen LogP contribution in [-0.4, -0.2) is 19.5 Å². The van der Waals surface area contributed by atoms with Crippen LogP contribution in [0.1, 0.15) is 18.7 Å². The third-order valence-corrected chi connectivity index (χ3v) is 6.59. The number of hydrogen-bond donors (Lipinski definition) is 1. The van der Waals surface area contributed by atoms with Gasteiger partial charge in [0.2, 0.25) is 0 Å². The van der Waals surface area contributed by atoms with E-state index in [1.165, 1.54) is 17.7 Å². The summed E-state index contributed by atoms with van der Waals surface area (Å²) in [5.41, 5.74) is 5.70. The molecule has 4 aromatic heterocycles. The van der Waals surface area contributed by atoms with Crippen molar-refractivity contribution in [1.82, 2.24) is 19.5 Å². The molecular formula is C26H19N5O2S. The minimum atomic E-state index is -0.241. The third-order valence-electron chi connectivity index (χ3n) is 5.85. The highest BCUT2D eigenvalue weighted by atomic mass is 32.1. The number of para-hydroxylation sites is 1. The van der Waals surface area contributed by atoms with Crippen LogP contribution in [0.3, 0.4) is 0 Å². The summed E-state index contributed by atoms with van der Waals surface area (Å²) in [4.78, 5) is 28.0. The first-order chi connectivity index (χ1) is 16.7. The van der Waals surface area contributed by atoms with Gasteiger partial charge in [-0.05, 0) is 42.1 Å². The Labute approximate surface area is 198 Å². The first kappa shape index (κ1) is 20.3. The minimum Gasteiger partial charge on any atom is -0.472 e. The molecule has 7 nitrogen and oxygen atoms in total. The number of hydrogen-bond acceptors (Lipinski definition) is 7. The summed E-state index contributed by atoms with van der Waals surface area (Å²) in [6, 6.07) is 19.2. The molecule has 2 aromatic carbocycles. The Morgan fingerprint density at radius 2 is 1.91 bits per heavy atom. The molecule has 0 radical (unpaired) electrons. The van der Waals surface area contributed by atoms with Gasteiger partial charge in [0.25, 0.3) is 5.56 Å². The van der Waals surface area contributed by atoms with Gasteiger partial charge in [-0.2, -0.15) is 0 Å². The summed E-state index contributed by atoms with van der Waals surface area (Å²) in [5.74, 6) is 0.637. The van der Waals surface area contributed by atoms with Gasteiger partial charge < -0.3 is 9.73 Å². The fraction of sp³-hybridized carbons (Fsp3) is 0.0769. The number of thiazole rings is 1. The van der Waals surface area contributed by atoms with Gasteiger partial charge in [0.15, 0.2) is 5.82 Å². The van der Waals surface area contributed by atoms with Crippen LogP contribution in [0.15, 0.2) is 94.2 Å². The molecule has 0 saturated carbocycles. The molecule has 0 saturated heterocycles.